The molecule has 1 aliphatic heterocycles. The van der Waals surface area contributed by atoms with Crippen LogP contribution >= 0.6 is 11.6 Å². The molecule has 2 nitrogen and oxygen atoms in total. The third kappa shape index (κ3) is 3.36. The number of likely N-dealkylation sites (tertiary alicyclic amines) is 1. The fourth-order valence-corrected chi connectivity index (χ4v) is 2.66. The Morgan fingerprint density at radius 2 is 2.18 bits per heavy atom. The number of phenols is 1. The summed E-state index contributed by atoms with van der Waals surface area (Å²) in [4.78, 5) is 2.51. The van der Waals surface area contributed by atoms with E-state index in [1.54, 1.807) is 6.07 Å². The molecule has 0 bridgehead atoms. The average Bonchev–Trinajstić information content (AvgIpc) is 2.50. The zero-order valence-electron chi connectivity index (χ0n) is 10.3. The lowest BCUT2D eigenvalue weighted by atomic mass is 10.1. The number of phenolic OH excluding ortho intramolecular Hbond substituents is 1. The highest BCUT2D eigenvalue weighted by molar-refractivity contribution is 6.32. The van der Waals surface area contributed by atoms with E-state index >= 15 is 0 Å². The minimum absolute atomic E-state index is 0.166. The van der Waals surface area contributed by atoms with Crippen molar-refractivity contribution in [2.75, 3.05) is 6.54 Å². The molecule has 1 heterocycles. The lowest BCUT2D eigenvalue weighted by Gasteiger charge is -2.27. The molecule has 1 N–H and O–H groups in total. The summed E-state index contributed by atoms with van der Waals surface area (Å²) in [5.41, 5.74) is 1.18. The lowest BCUT2D eigenvalue weighted by molar-refractivity contribution is 0.205. The van der Waals surface area contributed by atoms with Crippen molar-refractivity contribution in [3.05, 3.63) is 28.8 Å². The average molecular weight is 254 g/mol. The summed E-state index contributed by atoms with van der Waals surface area (Å²) < 4.78 is 0. The van der Waals surface area contributed by atoms with Gasteiger partial charge in [-0.15, -0.1) is 0 Å². The highest BCUT2D eigenvalue weighted by Gasteiger charge is 2.17. The van der Waals surface area contributed by atoms with Gasteiger partial charge >= 0.3 is 0 Å². The summed E-state index contributed by atoms with van der Waals surface area (Å²) in [5.74, 6) is 0.166. The normalized spacial score (nSPS) is 22.4. The number of halogens is 1. The molecule has 1 aliphatic rings. The third-order valence-corrected chi connectivity index (χ3v) is 3.89. The van der Waals surface area contributed by atoms with E-state index in [9.17, 15) is 5.11 Å². The van der Waals surface area contributed by atoms with Crippen LogP contribution < -0.4 is 0 Å². The molecule has 0 aromatic heterocycles. The maximum Gasteiger partial charge on any atom is 0.134 e. The summed E-state index contributed by atoms with van der Waals surface area (Å²) in [7, 11) is 0. The van der Waals surface area contributed by atoms with Crippen LogP contribution in [0.25, 0.3) is 0 Å². The molecular weight excluding hydrogens is 234 g/mol. The molecule has 0 aliphatic carbocycles. The van der Waals surface area contributed by atoms with Crippen LogP contribution in [0.2, 0.25) is 5.02 Å². The van der Waals surface area contributed by atoms with E-state index in [1.165, 1.54) is 37.8 Å². The second-order valence-electron chi connectivity index (χ2n) is 4.95. The van der Waals surface area contributed by atoms with E-state index in [1.807, 2.05) is 12.1 Å². The number of nitrogens with zero attached hydrogens (tertiary/aromatic N) is 1. The van der Waals surface area contributed by atoms with Crippen molar-refractivity contribution in [1.82, 2.24) is 4.90 Å². The molecule has 2 rings (SSSR count). The Hall–Kier alpha value is -0.730. The largest absolute Gasteiger partial charge is 0.506 e. The Kier molecular flexibility index (Phi) is 4.30. The number of rotatable bonds is 2. The van der Waals surface area contributed by atoms with Gasteiger partial charge in [-0.1, -0.05) is 30.5 Å². The minimum Gasteiger partial charge on any atom is -0.506 e. The summed E-state index contributed by atoms with van der Waals surface area (Å²) in [6, 6.07) is 6.15. The Labute approximate surface area is 108 Å². The van der Waals surface area contributed by atoms with Crippen molar-refractivity contribution in [3.63, 3.8) is 0 Å². The Morgan fingerprint density at radius 1 is 1.35 bits per heavy atom. The molecule has 0 amide bonds. The van der Waals surface area contributed by atoms with Crippen molar-refractivity contribution < 1.29 is 5.11 Å². The van der Waals surface area contributed by atoms with Crippen molar-refractivity contribution in [1.29, 1.82) is 0 Å². The van der Waals surface area contributed by atoms with E-state index in [4.69, 9.17) is 11.6 Å². The molecule has 94 valence electrons. The minimum atomic E-state index is 0.166. The highest BCUT2D eigenvalue weighted by atomic mass is 35.5. The molecule has 0 spiro atoms. The van der Waals surface area contributed by atoms with Gasteiger partial charge in [-0.3, -0.25) is 4.90 Å². The van der Waals surface area contributed by atoms with Crippen molar-refractivity contribution in [3.8, 4) is 5.75 Å². The van der Waals surface area contributed by atoms with Crippen LogP contribution in [0.3, 0.4) is 0 Å². The summed E-state index contributed by atoms with van der Waals surface area (Å²) in [5, 5.41) is 9.85. The van der Waals surface area contributed by atoms with Crippen LogP contribution in [0.15, 0.2) is 18.2 Å². The van der Waals surface area contributed by atoms with E-state index < -0.39 is 0 Å². The van der Waals surface area contributed by atoms with Gasteiger partial charge in [0.15, 0.2) is 0 Å². The van der Waals surface area contributed by atoms with Gasteiger partial charge in [0.1, 0.15) is 5.75 Å². The first-order valence-corrected chi connectivity index (χ1v) is 6.76. The fraction of sp³-hybridized carbons (Fsp3) is 0.571. The van der Waals surface area contributed by atoms with Gasteiger partial charge < -0.3 is 5.11 Å². The number of aromatic hydroxyl groups is 1. The molecule has 1 aromatic rings. The SMILES string of the molecule is CC1CCCCCN1Cc1ccc(O)c(Cl)c1. The first-order chi connectivity index (χ1) is 8.16. The second-order valence-corrected chi connectivity index (χ2v) is 5.36. The number of hydrogen-bond donors (Lipinski definition) is 1. The molecule has 1 saturated heterocycles. The van der Waals surface area contributed by atoms with Gasteiger partial charge in [-0.2, -0.15) is 0 Å². The van der Waals surface area contributed by atoms with Gasteiger partial charge in [-0.05, 0) is 44.0 Å². The zero-order valence-corrected chi connectivity index (χ0v) is 11.1. The molecule has 0 saturated carbocycles. The van der Waals surface area contributed by atoms with Gasteiger partial charge in [0, 0.05) is 12.6 Å². The van der Waals surface area contributed by atoms with Crippen molar-refractivity contribution in [2.45, 2.75) is 45.2 Å². The molecule has 1 atom stereocenters. The highest BCUT2D eigenvalue weighted by Crippen LogP contribution is 2.25. The predicted molar refractivity (Wildman–Crippen MR) is 71.5 cm³/mol. The molecule has 3 heteroatoms. The number of benzene rings is 1. The molecule has 17 heavy (non-hydrogen) atoms. The van der Waals surface area contributed by atoms with Gasteiger partial charge in [0.2, 0.25) is 0 Å². The smallest absolute Gasteiger partial charge is 0.134 e. The zero-order chi connectivity index (χ0) is 12.3. The van der Waals surface area contributed by atoms with Crippen LogP contribution in [0.1, 0.15) is 38.2 Å². The van der Waals surface area contributed by atoms with E-state index in [-0.39, 0.29) is 5.75 Å². The van der Waals surface area contributed by atoms with Crippen LogP contribution in [0.4, 0.5) is 0 Å². The number of hydrogen-bond acceptors (Lipinski definition) is 2. The quantitative estimate of drug-likeness (QED) is 0.866. The third-order valence-electron chi connectivity index (χ3n) is 3.59. The van der Waals surface area contributed by atoms with Gasteiger partial charge in [0.25, 0.3) is 0 Å². The maximum absolute atomic E-state index is 9.40. The van der Waals surface area contributed by atoms with Crippen LogP contribution in [0, 0.1) is 0 Å². The molecule has 1 unspecified atom stereocenters. The van der Waals surface area contributed by atoms with Gasteiger partial charge in [0.05, 0.1) is 5.02 Å². The summed E-state index contributed by atoms with van der Waals surface area (Å²) in [6.07, 6.45) is 5.26. The van der Waals surface area contributed by atoms with Crippen LogP contribution in [0.5, 0.6) is 5.75 Å². The Balaban J connectivity index is 2.05. The molecule has 1 aromatic carbocycles. The van der Waals surface area contributed by atoms with Crippen LogP contribution in [-0.4, -0.2) is 22.6 Å². The fourth-order valence-electron chi connectivity index (χ4n) is 2.45. The Morgan fingerprint density at radius 3 is 2.94 bits per heavy atom. The van der Waals surface area contributed by atoms with Crippen molar-refractivity contribution >= 4 is 11.6 Å². The molecule has 1 fully saturated rings. The van der Waals surface area contributed by atoms with Gasteiger partial charge in [-0.25, -0.2) is 0 Å². The topological polar surface area (TPSA) is 23.5 Å². The predicted octanol–water partition coefficient (Wildman–Crippen LogP) is 3.81. The Bertz CT molecular complexity index is 380. The lowest BCUT2D eigenvalue weighted by Crippen LogP contribution is -2.31. The summed E-state index contributed by atoms with van der Waals surface area (Å²) in [6.45, 7) is 4.40. The van der Waals surface area contributed by atoms with E-state index in [2.05, 4.69) is 11.8 Å². The van der Waals surface area contributed by atoms with E-state index in [0.717, 1.165) is 6.54 Å². The summed E-state index contributed by atoms with van der Waals surface area (Å²) >= 11 is 5.93. The standard InChI is InChI=1S/C14H20ClNO/c1-11-5-3-2-4-8-16(11)10-12-6-7-14(17)13(15)9-12/h6-7,9,11,17H,2-5,8,10H2,1H3. The molecular formula is C14H20ClNO. The van der Waals surface area contributed by atoms with Crippen molar-refractivity contribution in [2.24, 2.45) is 0 Å². The first kappa shape index (κ1) is 12.7. The maximum atomic E-state index is 9.40. The monoisotopic (exact) mass is 253 g/mol. The second kappa shape index (κ2) is 5.74. The van der Waals surface area contributed by atoms with Crippen LogP contribution in [-0.2, 0) is 6.54 Å². The molecule has 0 radical (unpaired) electrons. The van der Waals surface area contributed by atoms with E-state index in [0.29, 0.717) is 11.1 Å². The first-order valence-electron chi connectivity index (χ1n) is 6.38.